The van der Waals surface area contributed by atoms with Gasteiger partial charge in [-0.1, -0.05) is 37.3 Å². The SMILES string of the molecule is CN=C(NCc1ccc(-c2ccccc2)o1)NC1CC1C. The van der Waals surface area contributed by atoms with Crippen LogP contribution in [0.2, 0.25) is 0 Å². The monoisotopic (exact) mass is 283 g/mol. The van der Waals surface area contributed by atoms with E-state index < -0.39 is 0 Å². The van der Waals surface area contributed by atoms with E-state index >= 15 is 0 Å². The molecule has 3 rings (SSSR count). The number of hydrogen-bond donors (Lipinski definition) is 2. The molecule has 1 aliphatic carbocycles. The number of nitrogens with one attached hydrogen (secondary N) is 2. The van der Waals surface area contributed by atoms with Crippen molar-refractivity contribution >= 4 is 5.96 Å². The van der Waals surface area contributed by atoms with Crippen LogP contribution < -0.4 is 10.6 Å². The van der Waals surface area contributed by atoms with Crippen molar-refractivity contribution in [1.82, 2.24) is 10.6 Å². The Morgan fingerprint density at radius 3 is 2.67 bits per heavy atom. The quantitative estimate of drug-likeness (QED) is 0.670. The Morgan fingerprint density at radius 2 is 2.00 bits per heavy atom. The Morgan fingerprint density at radius 1 is 1.24 bits per heavy atom. The lowest BCUT2D eigenvalue weighted by Gasteiger charge is -2.10. The van der Waals surface area contributed by atoms with Crippen molar-refractivity contribution in [3.8, 4) is 11.3 Å². The zero-order valence-corrected chi connectivity index (χ0v) is 12.5. The van der Waals surface area contributed by atoms with E-state index in [0.717, 1.165) is 29.0 Å². The smallest absolute Gasteiger partial charge is 0.191 e. The molecule has 0 amide bonds. The summed E-state index contributed by atoms with van der Waals surface area (Å²) in [6, 6.07) is 14.7. The van der Waals surface area contributed by atoms with Gasteiger partial charge in [0.05, 0.1) is 6.54 Å². The van der Waals surface area contributed by atoms with Gasteiger partial charge in [-0.25, -0.2) is 0 Å². The van der Waals surface area contributed by atoms with Crippen LogP contribution in [-0.2, 0) is 6.54 Å². The standard InChI is InChI=1S/C17H21N3O/c1-12-10-15(12)20-17(18-2)19-11-14-8-9-16(21-14)13-6-4-3-5-7-13/h3-9,12,15H,10-11H2,1-2H3,(H2,18,19,20). The summed E-state index contributed by atoms with van der Waals surface area (Å²) in [6.07, 6.45) is 1.22. The van der Waals surface area contributed by atoms with Gasteiger partial charge in [-0.05, 0) is 24.5 Å². The lowest BCUT2D eigenvalue weighted by Crippen LogP contribution is -2.38. The molecule has 1 saturated carbocycles. The highest BCUT2D eigenvalue weighted by molar-refractivity contribution is 5.80. The Hall–Kier alpha value is -2.23. The molecule has 0 spiro atoms. The molecule has 0 aliphatic heterocycles. The molecule has 0 bridgehead atoms. The van der Waals surface area contributed by atoms with Gasteiger partial charge in [0.1, 0.15) is 11.5 Å². The van der Waals surface area contributed by atoms with Crippen molar-refractivity contribution in [2.24, 2.45) is 10.9 Å². The molecule has 4 nitrogen and oxygen atoms in total. The van der Waals surface area contributed by atoms with Gasteiger partial charge in [-0.3, -0.25) is 4.99 Å². The third-order valence-electron chi connectivity index (χ3n) is 3.81. The minimum absolute atomic E-state index is 0.563. The third-order valence-corrected chi connectivity index (χ3v) is 3.81. The minimum atomic E-state index is 0.563. The predicted octanol–water partition coefficient (Wildman–Crippen LogP) is 3.02. The first-order valence-electron chi connectivity index (χ1n) is 7.37. The lowest BCUT2D eigenvalue weighted by atomic mass is 10.2. The fraction of sp³-hybridized carbons (Fsp3) is 0.353. The lowest BCUT2D eigenvalue weighted by molar-refractivity contribution is 0.513. The van der Waals surface area contributed by atoms with Gasteiger partial charge < -0.3 is 15.1 Å². The number of rotatable bonds is 4. The zero-order chi connectivity index (χ0) is 14.7. The van der Waals surface area contributed by atoms with Crippen molar-refractivity contribution in [1.29, 1.82) is 0 Å². The normalized spacial score (nSPS) is 21.1. The molecular formula is C17H21N3O. The fourth-order valence-electron chi connectivity index (χ4n) is 2.29. The summed E-state index contributed by atoms with van der Waals surface area (Å²) in [5, 5.41) is 6.68. The number of aliphatic imine (C=N–C) groups is 1. The summed E-state index contributed by atoms with van der Waals surface area (Å²) < 4.78 is 5.86. The molecule has 2 atom stereocenters. The van der Waals surface area contributed by atoms with Crippen LogP contribution in [0.1, 0.15) is 19.1 Å². The van der Waals surface area contributed by atoms with Gasteiger partial charge >= 0.3 is 0 Å². The zero-order valence-electron chi connectivity index (χ0n) is 12.5. The number of benzene rings is 1. The minimum Gasteiger partial charge on any atom is -0.459 e. The second kappa shape index (κ2) is 6.04. The highest BCUT2D eigenvalue weighted by Gasteiger charge is 2.33. The second-order valence-electron chi connectivity index (χ2n) is 5.52. The van der Waals surface area contributed by atoms with E-state index in [-0.39, 0.29) is 0 Å². The number of furan rings is 1. The van der Waals surface area contributed by atoms with Gasteiger partial charge in [0, 0.05) is 18.7 Å². The number of guanidine groups is 1. The van der Waals surface area contributed by atoms with E-state index in [1.54, 1.807) is 7.05 Å². The van der Waals surface area contributed by atoms with Crippen LogP contribution in [0.15, 0.2) is 51.9 Å². The number of hydrogen-bond acceptors (Lipinski definition) is 2. The van der Waals surface area contributed by atoms with Gasteiger partial charge in [0.2, 0.25) is 0 Å². The summed E-state index contributed by atoms with van der Waals surface area (Å²) in [4.78, 5) is 4.24. The molecule has 4 heteroatoms. The van der Waals surface area contributed by atoms with E-state index in [2.05, 4.69) is 22.5 Å². The molecule has 1 aromatic carbocycles. The van der Waals surface area contributed by atoms with Crippen LogP contribution in [0, 0.1) is 5.92 Å². The summed E-state index contributed by atoms with van der Waals surface area (Å²) >= 11 is 0. The van der Waals surface area contributed by atoms with Gasteiger partial charge in [0.25, 0.3) is 0 Å². The van der Waals surface area contributed by atoms with Crippen molar-refractivity contribution in [2.75, 3.05) is 7.05 Å². The molecule has 2 N–H and O–H groups in total. The fourth-order valence-corrected chi connectivity index (χ4v) is 2.29. The van der Waals surface area contributed by atoms with E-state index in [4.69, 9.17) is 4.42 Å². The van der Waals surface area contributed by atoms with E-state index in [1.807, 2.05) is 42.5 Å². The predicted molar refractivity (Wildman–Crippen MR) is 85.0 cm³/mol. The molecule has 0 saturated heterocycles. The highest BCUT2D eigenvalue weighted by atomic mass is 16.3. The maximum atomic E-state index is 5.86. The molecule has 2 aromatic rings. The van der Waals surface area contributed by atoms with Crippen LogP contribution in [0.3, 0.4) is 0 Å². The Bertz CT molecular complexity index is 618. The summed E-state index contributed by atoms with van der Waals surface area (Å²) in [7, 11) is 1.79. The summed E-state index contributed by atoms with van der Waals surface area (Å²) in [5.41, 5.74) is 1.10. The topological polar surface area (TPSA) is 49.6 Å². The molecule has 21 heavy (non-hydrogen) atoms. The molecule has 1 heterocycles. The first-order chi connectivity index (χ1) is 10.3. The van der Waals surface area contributed by atoms with Gasteiger partial charge in [-0.2, -0.15) is 0 Å². The van der Waals surface area contributed by atoms with Crippen molar-refractivity contribution in [3.63, 3.8) is 0 Å². The van der Waals surface area contributed by atoms with Gasteiger partial charge in [-0.15, -0.1) is 0 Å². The van der Waals surface area contributed by atoms with E-state index in [1.165, 1.54) is 6.42 Å². The van der Waals surface area contributed by atoms with Gasteiger partial charge in [0.15, 0.2) is 5.96 Å². The Labute approximate surface area is 125 Å². The summed E-state index contributed by atoms with van der Waals surface area (Å²) in [5.74, 6) is 3.38. The number of nitrogens with zero attached hydrogens (tertiary/aromatic N) is 1. The molecule has 110 valence electrons. The van der Waals surface area contributed by atoms with Crippen LogP contribution in [0.4, 0.5) is 0 Å². The summed E-state index contributed by atoms with van der Waals surface area (Å²) in [6.45, 7) is 2.87. The van der Waals surface area contributed by atoms with Crippen molar-refractivity contribution < 1.29 is 4.42 Å². The second-order valence-corrected chi connectivity index (χ2v) is 5.52. The third kappa shape index (κ3) is 3.45. The van der Waals surface area contributed by atoms with Crippen LogP contribution >= 0.6 is 0 Å². The molecule has 0 radical (unpaired) electrons. The van der Waals surface area contributed by atoms with Crippen LogP contribution in [-0.4, -0.2) is 19.0 Å². The largest absolute Gasteiger partial charge is 0.459 e. The van der Waals surface area contributed by atoms with Crippen molar-refractivity contribution in [3.05, 3.63) is 48.2 Å². The molecule has 1 fully saturated rings. The first kappa shape index (κ1) is 13.7. The molecule has 2 unspecified atom stereocenters. The van der Waals surface area contributed by atoms with Crippen molar-refractivity contribution in [2.45, 2.75) is 25.9 Å². The average molecular weight is 283 g/mol. The maximum absolute atomic E-state index is 5.86. The van der Waals surface area contributed by atoms with E-state index in [0.29, 0.717) is 12.6 Å². The highest BCUT2D eigenvalue weighted by Crippen LogP contribution is 2.28. The average Bonchev–Trinajstić information content (AvgIpc) is 3.02. The Kier molecular flexibility index (Phi) is 3.95. The van der Waals surface area contributed by atoms with Crippen LogP contribution in [0.5, 0.6) is 0 Å². The first-order valence-corrected chi connectivity index (χ1v) is 7.37. The molecule has 1 aromatic heterocycles. The molecule has 1 aliphatic rings. The maximum Gasteiger partial charge on any atom is 0.191 e. The van der Waals surface area contributed by atoms with Crippen LogP contribution in [0.25, 0.3) is 11.3 Å². The Balaban J connectivity index is 1.57. The van der Waals surface area contributed by atoms with E-state index in [9.17, 15) is 0 Å². The molecular weight excluding hydrogens is 262 g/mol.